The third-order valence-corrected chi connectivity index (χ3v) is 4.22. The summed E-state index contributed by atoms with van der Waals surface area (Å²) < 4.78 is 0. The van der Waals surface area contributed by atoms with Crippen molar-refractivity contribution in [3.63, 3.8) is 0 Å². The lowest BCUT2D eigenvalue weighted by atomic mass is 9.96. The molecule has 24 heavy (non-hydrogen) atoms. The highest BCUT2D eigenvalue weighted by Crippen LogP contribution is 2.44. The Morgan fingerprint density at radius 1 is 0.542 bits per heavy atom. The smallest absolute Gasteiger partial charge is 0.131 e. The summed E-state index contributed by atoms with van der Waals surface area (Å²) in [7, 11) is 0. The lowest BCUT2D eigenvalue weighted by molar-refractivity contribution is 0.467. The highest BCUT2D eigenvalue weighted by atomic mass is 16.3. The summed E-state index contributed by atoms with van der Waals surface area (Å²) in [5.41, 5.74) is 0.755. The van der Waals surface area contributed by atoms with Gasteiger partial charge in [-0.25, -0.2) is 0 Å². The fourth-order valence-corrected chi connectivity index (χ4v) is 3.04. The second-order valence-electron chi connectivity index (χ2n) is 5.74. The molecule has 0 unspecified atom stereocenters. The molecule has 0 spiro atoms. The van der Waals surface area contributed by atoms with Crippen molar-refractivity contribution in [3.05, 3.63) is 60.7 Å². The summed E-state index contributed by atoms with van der Waals surface area (Å²) in [6.45, 7) is 0. The maximum Gasteiger partial charge on any atom is 0.131 e. The number of hydrogen-bond donors (Lipinski definition) is 4. The fourth-order valence-electron chi connectivity index (χ4n) is 3.04. The molecule has 0 saturated carbocycles. The summed E-state index contributed by atoms with van der Waals surface area (Å²) in [6, 6.07) is 16.5. The van der Waals surface area contributed by atoms with Crippen LogP contribution in [-0.2, 0) is 0 Å². The van der Waals surface area contributed by atoms with Gasteiger partial charge < -0.3 is 20.4 Å². The summed E-state index contributed by atoms with van der Waals surface area (Å²) in [5.74, 6) is 0.0966. The third kappa shape index (κ3) is 2.08. The number of rotatable bonds is 1. The van der Waals surface area contributed by atoms with Gasteiger partial charge in [0.15, 0.2) is 0 Å². The summed E-state index contributed by atoms with van der Waals surface area (Å²) >= 11 is 0. The highest BCUT2D eigenvalue weighted by Gasteiger charge is 2.16. The second-order valence-corrected chi connectivity index (χ2v) is 5.74. The first kappa shape index (κ1) is 14.2. The summed E-state index contributed by atoms with van der Waals surface area (Å²) in [4.78, 5) is 0. The molecule has 0 amide bonds. The predicted molar refractivity (Wildman–Crippen MR) is 93.5 cm³/mol. The van der Waals surface area contributed by atoms with E-state index in [2.05, 4.69) is 0 Å². The molecule has 4 aromatic carbocycles. The van der Waals surface area contributed by atoms with E-state index in [1.54, 1.807) is 48.5 Å². The molecule has 0 saturated heterocycles. The van der Waals surface area contributed by atoms with Gasteiger partial charge >= 0.3 is 0 Å². The van der Waals surface area contributed by atoms with Gasteiger partial charge in [0, 0.05) is 21.9 Å². The molecule has 4 N–H and O–H groups in total. The number of fused-ring (bicyclic) bond motifs is 2. The number of benzene rings is 4. The Morgan fingerprint density at radius 2 is 1.29 bits per heavy atom. The van der Waals surface area contributed by atoms with Crippen molar-refractivity contribution in [1.82, 2.24) is 0 Å². The van der Waals surface area contributed by atoms with Gasteiger partial charge in [-0.15, -0.1) is 0 Å². The molecule has 0 aliphatic rings. The maximum absolute atomic E-state index is 10.6. The molecule has 0 atom stereocenters. The number of hydrogen-bond acceptors (Lipinski definition) is 4. The van der Waals surface area contributed by atoms with Gasteiger partial charge in [0.05, 0.1) is 0 Å². The minimum Gasteiger partial charge on any atom is -0.508 e. The lowest BCUT2D eigenvalue weighted by Gasteiger charge is -2.12. The van der Waals surface area contributed by atoms with Gasteiger partial charge in [0.2, 0.25) is 0 Å². The first-order valence-corrected chi connectivity index (χ1v) is 7.44. The van der Waals surface area contributed by atoms with E-state index < -0.39 is 0 Å². The molecule has 4 aromatic rings. The average molecular weight is 318 g/mol. The average Bonchev–Trinajstić information content (AvgIpc) is 2.58. The van der Waals surface area contributed by atoms with Gasteiger partial charge in [-0.05, 0) is 41.1 Å². The molecule has 4 nitrogen and oxygen atoms in total. The molecule has 0 radical (unpaired) electrons. The molecule has 4 rings (SSSR count). The SMILES string of the molecule is Oc1ccc2cc(-c3cc(O)c4ccccc4c3O)c(O)cc2c1. The van der Waals surface area contributed by atoms with Gasteiger partial charge in [-0.2, -0.15) is 0 Å². The number of aromatic hydroxyl groups is 4. The van der Waals surface area contributed by atoms with Crippen LogP contribution in [0.4, 0.5) is 0 Å². The van der Waals surface area contributed by atoms with Gasteiger partial charge in [0.25, 0.3) is 0 Å². The van der Waals surface area contributed by atoms with Crippen molar-refractivity contribution in [2.75, 3.05) is 0 Å². The normalized spacial score (nSPS) is 11.2. The monoisotopic (exact) mass is 318 g/mol. The largest absolute Gasteiger partial charge is 0.508 e. The van der Waals surface area contributed by atoms with Crippen molar-refractivity contribution in [1.29, 1.82) is 0 Å². The van der Waals surface area contributed by atoms with Crippen molar-refractivity contribution in [2.45, 2.75) is 0 Å². The minimum absolute atomic E-state index is 0.00294. The zero-order chi connectivity index (χ0) is 16.8. The first-order valence-electron chi connectivity index (χ1n) is 7.44. The van der Waals surface area contributed by atoms with E-state index in [0.717, 1.165) is 5.39 Å². The first-order chi connectivity index (χ1) is 11.5. The van der Waals surface area contributed by atoms with Crippen molar-refractivity contribution < 1.29 is 20.4 Å². The predicted octanol–water partition coefficient (Wildman–Crippen LogP) is 4.48. The second kappa shape index (κ2) is 5.06. The van der Waals surface area contributed by atoms with Gasteiger partial charge in [-0.1, -0.05) is 30.3 Å². The molecule has 0 bridgehead atoms. The van der Waals surface area contributed by atoms with E-state index in [-0.39, 0.29) is 23.0 Å². The van der Waals surface area contributed by atoms with E-state index >= 15 is 0 Å². The van der Waals surface area contributed by atoms with Crippen LogP contribution in [0.3, 0.4) is 0 Å². The van der Waals surface area contributed by atoms with Crippen LogP contribution >= 0.6 is 0 Å². The third-order valence-electron chi connectivity index (χ3n) is 4.22. The molecule has 118 valence electrons. The zero-order valence-electron chi connectivity index (χ0n) is 12.6. The van der Waals surface area contributed by atoms with E-state index in [9.17, 15) is 20.4 Å². The summed E-state index contributed by atoms with van der Waals surface area (Å²) in [5, 5.41) is 43.3. The van der Waals surface area contributed by atoms with E-state index in [1.807, 2.05) is 0 Å². The fraction of sp³-hybridized carbons (Fsp3) is 0. The minimum atomic E-state index is -0.0434. The molecule has 0 aliphatic carbocycles. The zero-order valence-corrected chi connectivity index (χ0v) is 12.6. The summed E-state index contributed by atoms with van der Waals surface area (Å²) in [6.07, 6.45) is 0. The Bertz CT molecular complexity index is 1100. The highest BCUT2D eigenvalue weighted by molar-refractivity contribution is 6.01. The maximum atomic E-state index is 10.6. The van der Waals surface area contributed by atoms with E-state index in [1.165, 1.54) is 12.1 Å². The molecular weight excluding hydrogens is 304 g/mol. The Hall–Kier alpha value is -3.40. The molecule has 0 aliphatic heterocycles. The van der Waals surface area contributed by atoms with Crippen molar-refractivity contribution in [2.24, 2.45) is 0 Å². The van der Waals surface area contributed by atoms with Crippen LogP contribution in [0.15, 0.2) is 60.7 Å². The van der Waals surface area contributed by atoms with Gasteiger partial charge in [-0.3, -0.25) is 0 Å². The van der Waals surface area contributed by atoms with Crippen LogP contribution in [0, 0.1) is 0 Å². The Kier molecular flexibility index (Phi) is 3.00. The van der Waals surface area contributed by atoms with Crippen molar-refractivity contribution in [3.8, 4) is 34.1 Å². The van der Waals surface area contributed by atoms with Crippen LogP contribution in [0.25, 0.3) is 32.7 Å². The van der Waals surface area contributed by atoms with E-state index in [0.29, 0.717) is 27.3 Å². The lowest BCUT2D eigenvalue weighted by Crippen LogP contribution is -1.85. The molecule has 4 heteroatoms. The van der Waals surface area contributed by atoms with Crippen LogP contribution in [-0.4, -0.2) is 20.4 Å². The topological polar surface area (TPSA) is 80.9 Å². The molecule has 0 fully saturated rings. The Labute approximate surface area is 137 Å². The number of phenolic OH excluding ortho intramolecular Hbond substituents is 4. The molecule has 0 aromatic heterocycles. The quantitative estimate of drug-likeness (QED) is 0.390. The Balaban J connectivity index is 2.04. The Morgan fingerprint density at radius 3 is 2.08 bits per heavy atom. The van der Waals surface area contributed by atoms with Crippen LogP contribution < -0.4 is 0 Å². The van der Waals surface area contributed by atoms with Crippen LogP contribution in [0.2, 0.25) is 0 Å². The van der Waals surface area contributed by atoms with E-state index in [4.69, 9.17) is 0 Å². The van der Waals surface area contributed by atoms with Crippen LogP contribution in [0.5, 0.6) is 23.0 Å². The number of phenols is 4. The standard InChI is InChI=1S/C20H14O4/c21-13-6-5-11-8-16(18(22)9-12(11)7-13)17-10-19(23)14-3-1-2-4-15(14)20(17)24/h1-10,21-24H. The molecular formula is C20H14O4. The van der Waals surface area contributed by atoms with Crippen molar-refractivity contribution >= 4 is 21.5 Å². The van der Waals surface area contributed by atoms with Crippen LogP contribution in [0.1, 0.15) is 0 Å². The molecule has 0 heterocycles. The van der Waals surface area contributed by atoms with Gasteiger partial charge in [0.1, 0.15) is 23.0 Å².